The smallest absolute Gasteiger partial charge is 0.163 e. The van der Waals surface area contributed by atoms with Gasteiger partial charge in [-0.15, -0.1) is 24.8 Å². The highest BCUT2D eigenvalue weighted by Crippen LogP contribution is 2.39. The summed E-state index contributed by atoms with van der Waals surface area (Å²) in [5.41, 5.74) is 23.5. The first-order valence-corrected chi connectivity index (χ1v) is 35.9. The fourth-order valence-electron chi connectivity index (χ4n) is 11.4. The molecule has 6 aromatic carbocycles. The number of benzene rings is 6. The van der Waals surface area contributed by atoms with Crippen LogP contribution in [0.15, 0.2) is 164 Å². The van der Waals surface area contributed by atoms with Crippen molar-refractivity contribution in [2.45, 2.75) is 134 Å². The Balaban J connectivity index is 0.000000300. The molecular formula is C87H101Cl2N9O15. The number of ketones is 3. The van der Waals surface area contributed by atoms with Crippen molar-refractivity contribution in [2.75, 3.05) is 61.0 Å². The zero-order valence-electron chi connectivity index (χ0n) is 65.7. The molecule has 0 aliphatic carbocycles. The first-order valence-electron chi connectivity index (χ1n) is 35.9. The Kier molecular flexibility index (Phi) is 33.8. The van der Waals surface area contributed by atoms with Gasteiger partial charge in [0.2, 0.25) is 0 Å². The van der Waals surface area contributed by atoms with Crippen LogP contribution in [0.2, 0.25) is 0 Å². The van der Waals surface area contributed by atoms with Gasteiger partial charge in [0.25, 0.3) is 0 Å². The second-order valence-electron chi connectivity index (χ2n) is 29.0. The number of aliphatic hydroxyl groups excluding tert-OH is 3. The van der Waals surface area contributed by atoms with Crippen molar-refractivity contribution in [3.63, 3.8) is 0 Å². The lowest BCUT2D eigenvalue weighted by molar-refractivity contribution is 0.0395. The standard InChI is InChI=1S/3C29H33N3O5.2ClH/c3*1-28(2,31)22-16-23(20-7-5-19(18-30)6-8-20)32-27(17-22)29(3,35)12-11-24(34)21-9-10-25(37-14-13-33)26(15-21)36-4;;/h3*5-10,15-17,33,35H,11-14,31H2,1-4H3;2*1H/t2*29-;;;/m10.../s1. The SMILES string of the molecule is COc1cc(C(=O)CCC(C)(O)c2cc(C(C)(C)N)cc(-c3ccc(C#N)cc3)n2)ccc1OCCO.COc1cc(C(=O)CC[C@@](C)(O)c2cc(C(C)(C)N)cc(-c3ccc(C#N)cc3)n2)ccc1OCCO.COc1cc(C(=O)CC[C@](C)(O)c2cc(C(C)(C)N)cc(-c3ccc(C#N)cc3)n2)ccc1OCCO.Cl.Cl. The van der Waals surface area contributed by atoms with Gasteiger partial charge in [0.15, 0.2) is 51.8 Å². The second kappa shape index (κ2) is 41.2. The van der Waals surface area contributed by atoms with Crippen molar-refractivity contribution in [3.05, 3.63) is 231 Å². The minimum Gasteiger partial charge on any atom is -0.493 e. The minimum absolute atomic E-state index is 0. The van der Waals surface area contributed by atoms with Crippen LogP contribution >= 0.6 is 24.8 Å². The number of aromatic nitrogens is 3. The molecule has 598 valence electrons. The van der Waals surface area contributed by atoms with Crippen LogP contribution in [0.5, 0.6) is 34.5 Å². The highest BCUT2D eigenvalue weighted by Gasteiger charge is 2.33. The molecule has 0 aliphatic heterocycles. The number of nitriles is 3. The summed E-state index contributed by atoms with van der Waals surface area (Å²) in [5.74, 6) is 1.94. The topological polar surface area (TPSA) is 416 Å². The second-order valence-corrected chi connectivity index (χ2v) is 29.0. The molecule has 0 bridgehead atoms. The third kappa shape index (κ3) is 25.9. The number of Topliss-reactive ketones (excluding diaryl/α,β-unsaturated/α-hetero) is 3. The number of halogens is 2. The van der Waals surface area contributed by atoms with Crippen LogP contribution in [0.3, 0.4) is 0 Å². The summed E-state index contributed by atoms with van der Waals surface area (Å²) < 4.78 is 32.2. The van der Waals surface area contributed by atoms with E-state index in [-0.39, 0.29) is 120 Å². The first kappa shape index (κ1) is 92.9. The maximum absolute atomic E-state index is 13.0. The maximum atomic E-state index is 13.0. The summed E-state index contributed by atoms with van der Waals surface area (Å²) in [6.07, 6.45) is 0.590. The summed E-state index contributed by atoms with van der Waals surface area (Å²) in [6, 6.07) is 52.8. The van der Waals surface area contributed by atoms with E-state index in [4.69, 9.17) is 91.7 Å². The van der Waals surface area contributed by atoms with E-state index in [1.165, 1.54) is 21.3 Å². The molecule has 3 heterocycles. The normalized spacial score (nSPS) is 12.7. The lowest BCUT2D eigenvalue weighted by atomic mass is 9.88. The molecule has 0 saturated heterocycles. The minimum atomic E-state index is -1.41. The van der Waals surface area contributed by atoms with Gasteiger partial charge in [0, 0.05) is 69.3 Å². The molecule has 9 aromatic rings. The Morgan fingerprint density at radius 1 is 0.363 bits per heavy atom. The van der Waals surface area contributed by atoms with E-state index in [1.807, 2.05) is 59.7 Å². The van der Waals surface area contributed by atoms with E-state index in [9.17, 15) is 29.7 Å². The predicted octanol–water partition coefficient (Wildman–Crippen LogP) is 13.0. The van der Waals surface area contributed by atoms with Crippen molar-refractivity contribution < 1.29 is 73.4 Å². The Morgan fingerprint density at radius 2 is 0.593 bits per heavy atom. The van der Waals surface area contributed by atoms with Crippen molar-refractivity contribution in [1.29, 1.82) is 15.8 Å². The van der Waals surface area contributed by atoms with Crippen LogP contribution in [0.4, 0.5) is 0 Å². The molecule has 9 rings (SSSR count). The fraction of sp³-hybridized carbons (Fsp3) is 0.345. The fourth-order valence-corrected chi connectivity index (χ4v) is 11.4. The largest absolute Gasteiger partial charge is 0.493 e. The molecule has 26 heteroatoms. The molecule has 0 spiro atoms. The molecule has 0 fully saturated rings. The quantitative estimate of drug-likeness (QED) is 0.0172. The molecule has 3 atom stereocenters. The van der Waals surface area contributed by atoms with E-state index < -0.39 is 33.4 Å². The van der Waals surface area contributed by atoms with Gasteiger partial charge in [-0.1, -0.05) is 36.4 Å². The molecular weight excluding hydrogens is 1480 g/mol. The van der Waals surface area contributed by atoms with Gasteiger partial charge in [-0.3, -0.25) is 14.4 Å². The number of carbonyl (C=O) groups is 3. The predicted molar refractivity (Wildman–Crippen MR) is 435 cm³/mol. The van der Waals surface area contributed by atoms with Gasteiger partial charge in [0.05, 0.1) is 110 Å². The number of methoxy groups -OCH3 is 3. The van der Waals surface area contributed by atoms with E-state index in [1.54, 1.807) is 166 Å². The van der Waals surface area contributed by atoms with E-state index in [0.717, 1.165) is 33.4 Å². The number of hydrogen-bond donors (Lipinski definition) is 9. The Hall–Kier alpha value is -10.7. The van der Waals surface area contributed by atoms with Gasteiger partial charge in [-0.2, -0.15) is 15.8 Å². The Morgan fingerprint density at radius 3 is 0.788 bits per heavy atom. The number of nitrogens with zero attached hydrogens (tertiary/aromatic N) is 6. The van der Waals surface area contributed by atoms with Crippen LogP contribution in [0.1, 0.15) is 182 Å². The molecule has 0 radical (unpaired) electrons. The van der Waals surface area contributed by atoms with Crippen LogP contribution < -0.4 is 45.6 Å². The van der Waals surface area contributed by atoms with Crippen LogP contribution in [0, 0.1) is 34.0 Å². The molecule has 0 amide bonds. The highest BCUT2D eigenvalue weighted by atomic mass is 35.5. The van der Waals surface area contributed by atoms with Gasteiger partial charge in [-0.05, 0) is 226 Å². The van der Waals surface area contributed by atoms with E-state index >= 15 is 0 Å². The van der Waals surface area contributed by atoms with Gasteiger partial charge in [-0.25, -0.2) is 15.0 Å². The number of hydrogen-bond acceptors (Lipinski definition) is 24. The van der Waals surface area contributed by atoms with Crippen LogP contribution in [-0.4, -0.2) is 124 Å². The molecule has 0 aliphatic rings. The summed E-state index contributed by atoms with van der Waals surface area (Å²) in [6.45, 7) is 16.0. The monoisotopic (exact) mass is 1580 g/mol. The van der Waals surface area contributed by atoms with Crippen molar-refractivity contribution in [2.24, 2.45) is 17.2 Å². The average molecular weight is 1580 g/mol. The Labute approximate surface area is 672 Å². The van der Waals surface area contributed by atoms with Crippen LogP contribution in [-0.2, 0) is 33.4 Å². The summed E-state index contributed by atoms with van der Waals surface area (Å²) >= 11 is 0. The third-order valence-corrected chi connectivity index (χ3v) is 18.3. The van der Waals surface area contributed by atoms with Gasteiger partial charge in [0.1, 0.15) is 36.6 Å². The van der Waals surface area contributed by atoms with Crippen LogP contribution in [0.25, 0.3) is 33.8 Å². The van der Waals surface area contributed by atoms with E-state index in [2.05, 4.69) is 18.2 Å². The number of ether oxygens (including phenoxy) is 6. The number of nitrogens with two attached hydrogens (primary N) is 3. The third-order valence-electron chi connectivity index (χ3n) is 18.3. The molecule has 1 unspecified atom stereocenters. The maximum Gasteiger partial charge on any atom is 0.163 e. The molecule has 113 heavy (non-hydrogen) atoms. The van der Waals surface area contributed by atoms with Crippen molar-refractivity contribution in [1.82, 2.24) is 15.0 Å². The molecule has 24 nitrogen and oxygen atoms in total. The van der Waals surface area contributed by atoms with Gasteiger partial charge < -0.3 is 76.3 Å². The van der Waals surface area contributed by atoms with Gasteiger partial charge >= 0.3 is 0 Å². The average Bonchev–Trinajstić information content (AvgIpc) is 0.811. The zero-order valence-corrected chi connectivity index (χ0v) is 67.3. The molecule has 3 aromatic heterocycles. The first-order chi connectivity index (χ1) is 52.4. The zero-order chi connectivity index (χ0) is 81.7. The highest BCUT2D eigenvalue weighted by molar-refractivity contribution is 5.98. The van der Waals surface area contributed by atoms with Crippen molar-refractivity contribution in [3.8, 4) is 86.5 Å². The lowest BCUT2D eigenvalue weighted by Gasteiger charge is -2.27. The molecule has 0 saturated carbocycles. The molecule has 12 N–H and O–H groups in total. The number of carbonyl (C=O) groups excluding carboxylic acids is 3. The Bertz CT molecular complexity index is 4360. The summed E-state index contributed by atoms with van der Waals surface area (Å²) in [4.78, 5) is 53.0. The number of rotatable bonds is 33. The van der Waals surface area contributed by atoms with E-state index in [0.29, 0.717) is 102 Å². The number of aliphatic hydroxyl groups is 6. The summed E-state index contributed by atoms with van der Waals surface area (Å²) in [5, 5.41) is 88.4. The number of pyridine rings is 3. The van der Waals surface area contributed by atoms with Crippen molar-refractivity contribution >= 4 is 42.2 Å². The lowest BCUT2D eigenvalue weighted by Crippen LogP contribution is -2.31. The summed E-state index contributed by atoms with van der Waals surface area (Å²) in [7, 11) is 4.43.